The van der Waals surface area contributed by atoms with Crippen LogP contribution in [0.25, 0.3) is 22.1 Å². The van der Waals surface area contributed by atoms with E-state index in [9.17, 15) is 0 Å². The van der Waals surface area contributed by atoms with Crippen molar-refractivity contribution in [1.82, 2.24) is 30.1 Å². The molecule has 6 nitrogen and oxygen atoms in total. The van der Waals surface area contributed by atoms with Crippen LogP contribution in [0.1, 0.15) is 64.8 Å². The van der Waals surface area contributed by atoms with Gasteiger partial charge >= 0.3 is 0 Å². The highest BCUT2D eigenvalue weighted by atomic mass is 35.5. The molecule has 0 aromatic carbocycles. The Hall–Kier alpha value is -1.89. The first-order valence-electron chi connectivity index (χ1n) is 9.47. The number of fused-ring (bicyclic) bond motifs is 2. The zero-order chi connectivity index (χ0) is 21.7. The number of nitrogens with zero attached hydrogens (tertiary/aromatic N) is 4. The molecule has 4 heterocycles. The summed E-state index contributed by atoms with van der Waals surface area (Å²) in [6.45, 7) is 12.4. The van der Waals surface area contributed by atoms with Gasteiger partial charge in [-0.1, -0.05) is 76.3 Å². The van der Waals surface area contributed by atoms with Crippen LogP contribution in [0.4, 0.5) is 0 Å². The molecular formula is C20H25Cl3N6. The van der Waals surface area contributed by atoms with E-state index in [1.165, 1.54) is 0 Å². The summed E-state index contributed by atoms with van der Waals surface area (Å²) in [5.74, 6) is 0.795. The lowest BCUT2D eigenvalue weighted by Crippen LogP contribution is -1.86. The van der Waals surface area contributed by atoms with Gasteiger partial charge in [-0.3, -0.25) is 0 Å². The second kappa shape index (κ2) is 10.2. The van der Waals surface area contributed by atoms with E-state index < -0.39 is 0 Å². The van der Waals surface area contributed by atoms with E-state index in [2.05, 4.69) is 57.8 Å². The molecule has 0 aliphatic rings. The molecule has 2 N–H and O–H groups in total. The van der Waals surface area contributed by atoms with Crippen molar-refractivity contribution in [3.05, 3.63) is 45.2 Å². The van der Waals surface area contributed by atoms with Crippen molar-refractivity contribution in [2.45, 2.75) is 53.4 Å². The normalized spacial score (nSPS) is 10.9. The van der Waals surface area contributed by atoms with Gasteiger partial charge in [-0.05, 0) is 17.9 Å². The number of aromatic amines is 2. The second-order valence-electron chi connectivity index (χ2n) is 6.74. The highest BCUT2D eigenvalue weighted by Gasteiger charge is 2.12. The average Bonchev–Trinajstić information content (AvgIpc) is 3.26. The van der Waals surface area contributed by atoms with Crippen LogP contribution in [0.2, 0.25) is 15.3 Å². The number of halogens is 3. The van der Waals surface area contributed by atoms with Gasteiger partial charge in [0.25, 0.3) is 0 Å². The highest BCUT2D eigenvalue weighted by Crippen LogP contribution is 2.30. The Morgan fingerprint density at radius 1 is 0.828 bits per heavy atom. The molecule has 9 heteroatoms. The predicted molar refractivity (Wildman–Crippen MR) is 122 cm³/mol. The van der Waals surface area contributed by atoms with Crippen LogP contribution in [-0.4, -0.2) is 30.1 Å². The molecule has 0 fully saturated rings. The smallest absolute Gasteiger partial charge is 0.168 e. The minimum Gasteiger partial charge on any atom is -0.356 e. The number of hydrogen-bond acceptors (Lipinski definition) is 4. The molecule has 29 heavy (non-hydrogen) atoms. The summed E-state index contributed by atoms with van der Waals surface area (Å²) < 4.78 is 0. The molecular weight excluding hydrogens is 431 g/mol. The highest BCUT2D eigenvalue weighted by molar-refractivity contribution is 6.40. The number of rotatable bonds is 2. The van der Waals surface area contributed by atoms with E-state index in [4.69, 9.17) is 34.8 Å². The zero-order valence-corrected chi connectivity index (χ0v) is 19.6. The van der Waals surface area contributed by atoms with E-state index in [0.29, 0.717) is 17.5 Å². The summed E-state index contributed by atoms with van der Waals surface area (Å²) in [5, 5.41) is 9.76. The largest absolute Gasteiger partial charge is 0.356 e. The lowest BCUT2D eigenvalue weighted by Gasteiger charge is -2.00. The summed E-state index contributed by atoms with van der Waals surface area (Å²) in [4.78, 5) is 14.6. The molecule has 4 rings (SSSR count). The van der Waals surface area contributed by atoms with Crippen LogP contribution in [0.3, 0.4) is 0 Å². The Morgan fingerprint density at radius 2 is 1.45 bits per heavy atom. The molecule has 0 spiro atoms. The van der Waals surface area contributed by atoms with Crippen LogP contribution < -0.4 is 0 Å². The number of hydrogen-bond donors (Lipinski definition) is 2. The number of H-pyrrole nitrogens is 2. The van der Waals surface area contributed by atoms with Gasteiger partial charge in [0.15, 0.2) is 16.0 Å². The minimum absolute atomic E-state index is 0.233. The third kappa shape index (κ3) is 5.38. The lowest BCUT2D eigenvalue weighted by atomic mass is 10.1. The van der Waals surface area contributed by atoms with Crippen LogP contribution in [0.5, 0.6) is 0 Å². The average molecular weight is 456 g/mol. The van der Waals surface area contributed by atoms with Gasteiger partial charge in [0.05, 0.1) is 22.9 Å². The quantitative estimate of drug-likeness (QED) is 0.336. The number of aromatic nitrogens is 6. The SMILES string of the molecule is CC.CC(C)c1[nH]c2cnncc2c1Cl.CC(C)c1cc2nc(Cl)c(Cl)nc2[nH]1. The van der Waals surface area contributed by atoms with Gasteiger partial charge < -0.3 is 9.97 Å². The topological polar surface area (TPSA) is 83.1 Å². The Morgan fingerprint density at radius 3 is 2.03 bits per heavy atom. The Bertz CT molecular complexity index is 1050. The molecule has 0 saturated carbocycles. The molecule has 0 unspecified atom stereocenters. The fourth-order valence-electron chi connectivity index (χ4n) is 2.57. The molecule has 0 bridgehead atoms. The van der Waals surface area contributed by atoms with Crippen LogP contribution in [-0.2, 0) is 0 Å². The molecule has 0 saturated heterocycles. The van der Waals surface area contributed by atoms with Crippen molar-refractivity contribution in [2.75, 3.05) is 0 Å². The van der Waals surface area contributed by atoms with Crippen LogP contribution >= 0.6 is 34.8 Å². The van der Waals surface area contributed by atoms with E-state index in [0.717, 1.165) is 32.8 Å². The number of nitrogens with one attached hydrogen (secondary N) is 2. The van der Waals surface area contributed by atoms with Crippen LogP contribution in [0.15, 0.2) is 18.5 Å². The third-order valence-electron chi connectivity index (χ3n) is 4.07. The van der Waals surface area contributed by atoms with Crippen LogP contribution in [0, 0.1) is 0 Å². The standard InChI is InChI=1S/C9H9Cl2N3.C9H10ClN3.C2H6/c1-4(2)5-3-6-9(13-5)14-8(11)7(10)12-6;1-5(2)9-8(10)6-3-11-12-4-7(6)13-9;1-2/h3-4H,1-2H3,(H,13,14);3-5,13H,1-2H3;1-2H3. The maximum atomic E-state index is 6.15. The van der Waals surface area contributed by atoms with Gasteiger partial charge in [-0.25, -0.2) is 9.97 Å². The van der Waals surface area contributed by atoms with Crippen molar-refractivity contribution in [1.29, 1.82) is 0 Å². The molecule has 0 aliphatic heterocycles. The Kier molecular flexibility index (Phi) is 8.25. The van der Waals surface area contributed by atoms with Gasteiger partial charge in [0, 0.05) is 16.8 Å². The van der Waals surface area contributed by atoms with Crippen molar-refractivity contribution >= 4 is 56.9 Å². The van der Waals surface area contributed by atoms with Crippen molar-refractivity contribution in [3.8, 4) is 0 Å². The summed E-state index contributed by atoms with van der Waals surface area (Å²) in [6, 6.07) is 1.94. The van der Waals surface area contributed by atoms with Gasteiger partial charge in [-0.15, -0.1) is 0 Å². The molecule has 4 aromatic heterocycles. The van der Waals surface area contributed by atoms with E-state index >= 15 is 0 Å². The summed E-state index contributed by atoms with van der Waals surface area (Å²) in [7, 11) is 0. The van der Waals surface area contributed by atoms with Crippen molar-refractivity contribution < 1.29 is 0 Å². The summed E-state index contributed by atoms with van der Waals surface area (Å²) in [6.07, 6.45) is 3.37. The molecule has 0 amide bonds. The first-order valence-corrected chi connectivity index (χ1v) is 10.6. The third-order valence-corrected chi connectivity index (χ3v) is 5.10. The lowest BCUT2D eigenvalue weighted by molar-refractivity contribution is 0.835. The zero-order valence-electron chi connectivity index (χ0n) is 17.3. The predicted octanol–water partition coefficient (Wildman–Crippen LogP) is 7.15. The second-order valence-corrected chi connectivity index (χ2v) is 7.84. The Labute approximate surface area is 185 Å². The minimum atomic E-state index is 0.233. The van der Waals surface area contributed by atoms with Crippen molar-refractivity contribution in [2.24, 2.45) is 0 Å². The summed E-state index contributed by atoms with van der Waals surface area (Å²) in [5.41, 5.74) is 4.51. The molecule has 0 atom stereocenters. The first kappa shape index (κ1) is 23.4. The van der Waals surface area contributed by atoms with E-state index in [1.807, 2.05) is 19.9 Å². The first-order chi connectivity index (χ1) is 13.8. The molecule has 0 radical (unpaired) electrons. The monoisotopic (exact) mass is 454 g/mol. The molecule has 0 aliphatic carbocycles. The van der Waals surface area contributed by atoms with Gasteiger partial charge in [0.1, 0.15) is 5.52 Å². The van der Waals surface area contributed by atoms with E-state index in [1.54, 1.807) is 12.4 Å². The molecule has 156 valence electrons. The maximum absolute atomic E-state index is 6.15. The van der Waals surface area contributed by atoms with Gasteiger partial charge in [-0.2, -0.15) is 10.2 Å². The summed E-state index contributed by atoms with van der Waals surface area (Å²) >= 11 is 17.7. The maximum Gasteiger partial charge on any atom is 0.168 e. The fraction of sp³-hybridized carbons (Fsp3) is 0.400. The van der Waals surface area contributed by atoms with Gasteiger partial charge in [0.2, 0.25) is 0 Å². The molecule has 4 aromatic rings. The van der Waals surface area contributed by atoms with Crippen molar-refractivity contribution in [3.63, 3.8) is 0 Å². The Balaban J connectivity index is 0.000000191. The fourth-order valence-corrected chi connectivity index (χ4v) is 3.24. The van der Waals surface area contributed by atoms with E-state index in [-0.39, 0.29) is 10.3 Å².